The van der Waals surface area contributed by atoms with Gasteiger partial charge in [0.15, 0.2) is 0 Å². The van der Waals surface area contributed by atoms with E-state index in [2.05, 4.69) is 12.2 Å². The van der Waals surface area contributed by atoms with Gasteiger partial charge in [-0.15, -0.1) is 0 Å². The summed E-state index contributed by atoms with van der Waals surface area (Å²) in [7, 11) is 0. The summed E-state index contributed by atoms with van der Waals surface area (Å²) in [6, 6.07) is 0. The number of hydrogen-bond donors (Lipinski definition) is 1. The molecule has 2 aliphatic heterocycles. The Morgan fingerprint density at radius 3 is 2.78 bits per heavy atom. The third kappa shape index (κ3) is 3.33. The van der Waals surface area contributed by atoms with E-state index in [1.165, 1.54) is 0 Å². The molecule has 3 nitrogen and oxygen atoms in total. The van der Waals surface area contributed by atoms with Gasteiger partial charge >= 0.3 is 0 Å². The lowest BCUT2D eigenvalue weighted by atomic mass is 9.71. The second-order valence-corrected chi connectivity index (χ2v) is 5.99. The van der Waals surface area contributed by atoms with E-state index in [9.17, 15) is 4.79 Å². The molecule has 1 atom stereocenters. The number of carbonyl (C=O) groups excluding carboxylic acids is 1. The summed E-state index contributed by atoms with van der Waals surface area (Å²) in [5.41, 5.74) is -0.0503. The van der Waals surface area contributed by atoms with Crippen LogP contribution in [0.1, 0.15) is 51.9 Å². The normalized spacial score (nSPS) is 30.3. The SMILES string of the molecule is CCCC1(C(=O)CC2CCOCC2)CCCNC1. The van der Waals surface area contributed by atoms with Gasteiger partial charge in [0.1, 0.15) is 5.78 Å². The van der Waals surface area contributed by atoms with Crippen LogP contribution >= 0.6 is 0 Å². The summed E-state index contributed by atoms with van der Waals surface area (Å²) in [6.07, 6.45) is 7.34. The first-order chi connectivity index (χ1) is 8.77. The highest BCUT2D eigenvalue weighted by Crippen LogP contribution is 2.36. The number of hydrogen-bond acceptors (Lipinski definition) is 3. The zero-order valence-corrected chi connectivity index (χ0v) is 11.7. The van der Waals surface area contributed by atoms with Crippen molar-refractivity contribution in [2.24, 2.45) is 11.3 Å². The number of ketones is 1. The molecule has 2 saturated heterocycles. The number of ether oxygens (including phenoxy) is 1. The fourth-order valence-corrected chi connectivity index (χ4v) is 3.47. The van der Waals surface area contributed by atoms with Gasteiger partial charge < -0.3 is 10.1 Å². The number of rotatable bonds is 5. The average Bonchev–Trinajstić information content (AvgIpc) is 2.41. The third-order valence-corrected chi connectivity index (χ3v) is 4.61. The minimum absolute atomic E-state index is 0.0503. The van der Waals surface area contributed by atoms with E-state index in [1.807, 2.05) is 0 Å². The topological polar surface area (TPSA) is 38.3 Å². The summed E-state index contributed by atoms with van der Waals surface area (Å²) in [4.78, 5) is 12.7. The highest BCUT2D eigenvalue weighted by atomic mass is 16.5. The highest BCUT2D eigenvalue weighted by molar-refractivity contribution is 5.85. The Kier molecular flexibility index (Phi) is 5.19. The Balaban J connectivity index is 1.94. The van der Waals surface area contributed by atoms with Gasteiger partial charge in [-0.05, 0) is 44.6 Å². The molecule has 0 aromatic rings. The molecule has 1 unspecified atom stereocenters. The molecule has 0 bridgehead atoms. The molecule has 0 amide bonds. The molecule has 2 rings (SSSR count). The van der Waals surface area contributed by atoms with Crippen LogP contribution < -0.4 is 5.32 Å². The number of piperidine rings is 1. The van der Waals surface area contributed by atoms with Crippen molar-refractivity contribution in [3.05, 3.63) is 0 Å². The molecule has 2 fully saturated rings. The van der Waals surface area contributed by atoms with E-state index in [-0.39, 0.29) is 5.41 Å². The fourth-order valence-electron chi connectivity index (χ4n) is 3.47. The van der Waals surface area contributed by atoms with Crippen molar-refractivity contribution < 1.29 is 9.53 Å². The maximum atomic E-state index is 12.7. The third-order valence-electron chi connectivity index (χ3n) is 4.61. The van der Waals surface area contributed by atoms with Gasteiger partial charge in [0.2, 0.25) is 0 Å². The number of carbonyl (C=O) groups is 1. The summed E-state index contributed by atoms with van der Waals surface area (Å²) >= 11 is 0. The van der Waals surface area contributed by atoms with Gasteiger partial charge in [0.25, 0.3) is 0 Å². The molecular weight excluding hydrogens is 226 g/mol. The zero-order valence-electron chi connectivity index (χ0n) is 11.7. The quantitative estimate of drug-likeness (QED) is 0.818. The minimum atomic E-state index is -0.0503. The average molecular weight is 253 g/mol. The molecule has 0 aromatic carbocycles. The molecule has 0 aromatic heterocycles. The van der Waals surface area contributed by atoms with E-state index in [0.717, 1.165) is 71.2 Å². The Hall–Kier alpha value is -0.410. The Morgan fingerprint density at radius 2 is 2.17 bits per heavy atom. The van der Waals surface area contributed by atoms with Gasteiger partial charge in [-0.25, -0.2) is 0 Å². The summed E-state index contributed by atoms with van der Waals surface area (Å²) in [5, 5.41) is 3.43. The largest absolute Gasteiger partial charge is 0.381 e. The predicted molar refractivity (Wildman–Crippen MR) is 72.6 cm³/mol. The van der Waals surface area contributed by atoms with Crippen LogP contribution in [0.2, 0.25) is 0 Å². The van der Waals surface area contributed by atoms with Crippen LogP contribution in [-0.2, 0) is 9.53 Å². The Labute approximate surface area is 111 Å². The molecule has 0 spiro atoms. The van der Waals surface area contributed by atoms with E-state index in [4.69, 9.17) is 4.74 Å². The second kappa shape index (κ2) is 6.67. The smallest absolute Gasteiger partial charge is 0.140 e. The van der Waals surface area contributed by atoms with E-state index in [0.29, 0.717) is 11.7 Å². The van der Waals surface area contributed by atoms with Gasteiger partial charge in [-0.1, -0.05) is 13.3 Å². The van der Waals surface area contributed by atoms with Crippen LogP contribution in [0.4, 0.5) is 0 Å². The highest BCUT2D eigenvalue weighted by Gasteiger charge is 2.38. The summed E-state index contributed by atoms with van der Waals surface area (Å²) in [5.74, 6) is 1.09. The van der Waals surface area contributed by atoms with Crippen LogP contribution in [0.25, 0.3) is 0 Å². The van der Waals surface area contributed by atoms with Crippen LogP contribution in [0.15, 0.2) is 0 Å². The van der Waals surface area contributed by atoms with Crippen LogP contribution in [0, 0.1) is 11.3 Å². The first-order valence-corrected chi connectivity index (χ1v) is 7.58. The van der Waals surface area contributed by atoms with Crippen LogP contribution in [0.5, 0.6) is 0 Å². The standard InChI is InChI=1S/C15H27NO2/c1-2-6-15(7-3-8-16-12-15)14(17)11-13-4-9-18-10-5-13/h13,16H,2-12H2,1H3. The summed E-state index contributed by atoms with van der Waals surface area (Å²) < 4.78 is 5.38. The zero-order chi connectivity index (χ0) is 12.8. The van der Waals surface area contributed by atoms with Gasteiger partial charge in [-0.3, -0.25) is 4.79 Å². The van der Waals surface area contributed by atoms with Crippen molar-refractivity contribution >= 4 is 5.78 Å². The molecule has 18 heavy (non-hydrogen) atoms. The van der Waals surface area contributed by atoms with Crippen LogP contribution in [0.3, 0.4) is 0 Å². The first-order valence-electron chi connectivity index (χ1n) is 7.58. The minimum Gasteiger partial charge on any atom is -0.381 e. The molecule has 0 radical (unpaired) electrons. The monoisotopic (exact) mass is 253 g/mol. The molecular formula is C15H27NO2. The lowest BCUT2D eigenvalue weighted by molar-refractivity contribution is -0.132. The van der Waals surface area contributed by atoms with Gasteiger partial charge in [0, 0.05) is 31.6 Å². The lowest BCUT2D eigenvalue weighted by Crippen LogP contribution is -2.46. The first kappa shape index (κ1) is 14.0. The van der Waals surface area contributed by atoms with Gasteiger partial charge in [0.05, 0.1) is 0 Å². The van der Waals surface area contributed by atoms with Crippen molar-refractivity contribution in [3.8, 4) is 0 Å². The fraction of sp³-hybridized carbons (Fsp3) is 0.933. The molecule has 0 aliphatic carbocycles. The maximum absolute atomic E-state index is 12.7. The molecule has 0 saturated carbocycles. The lowest BCUT2D eigenvalue weighted by Gasteiger charge is -2.37. The van der Waals surface area contributed by atoms with E-state index < -0.39 is 0 Å². The Bertz CT molecular complexity index is 260. The molecule has 2 aliphatic rings. The van der Waals surface area contributed by atoms with Crippen molar-refractivity contribution in [2.45, 2.75) is 51.9 Å². The number of Topliss-reactive ketones (excluding diaryl/α,β-unsaturated/α-hetero) is 1. The molecule has 104 valence electrons. The summed E-state index contributed by atoms with van der Waals surface area (Å²) in [6.45, 7) is 5.87. The predicted octanol–water partition coefficient (Wildman–Crippen LogP) is 2.54. The Morgan fingerprint density at radius 1 is 1.39 bits per heavy atom. The van der Waals surface area contributed by atoms with E-state index >= 15 is 0 Å². The molecule has 2 heterocycles. The van der Waals surface area contributed by atoms with E-state index in [1.54, 1.807) is 0 Å². The second-order valence-electron chi connectivity index (χ2n) is 5.99. The van der Waals surface area contributed by atoms with Crippen molar-refractivity contribution in [1.29, 1.82) is 0 Å². The van der Waals surface area contributed by atoms with Crippen molar-refractivity contribution in [3.63, 3.8) is 0 Å². The van der Waals surface area contributed by atoms with Crippen molar-refractivity contribution in [2.75, 3.05) is 26.3 Å². The molecule has 1 N–H and O–H groups in total. The van der Waals surface area contributed by atoms with Gasteiger partial charge in [-0.2, -0.15) is 0 Å². The van der Waals surface area contributed by atoms with Crippen molar-refractivity contribution in [1.82, 2.24) is 5.32 Å². The molecule has 3 heteroatoms. The maximum Gasteiger partial charge on any atom is 0.140 e. The van der Waals surface area contributed by atoms with Crippen LogP contribution in [-0.4, -0.2) is 32.1 Å². The number of nitrogens with one attached hydrogen (secondary N) is 1.